The molecule has 0 bridgehead atoms. The second-order valence-electron chi connectivity index (χ2n) is 15.5. The number of rotatable bonds is 10. The number of hydrogen-bond donors (Lipinski definition) is 3. The van der Waals surface area contributed by atoms with Crippen LogP contribution in [0.2, 0.25) is 0 Å². The molecule has 3 N–H and O–H groups in total. The molecule has 7 rings (SSSR count). The van der Waals surface area contributed by atoms with Gasteiger partial charge < -0.3 is 24.8 Å². The average molecular weight is 818 g/mol. The number of hydrazine groups is 1. The number of alkyl halides is 2. The quantitative estimate of drug-likeness (QED) is 0.273. The van der Waals surface area contributed by atoms with Gasteiger partial charge in [-0.05, 0) is 69.0 Å². The number of benzene rings is 2. The van der Waals surface area contributed by atoms with E-state index < -0.39 is 24.4 Å². The molecule has 314 valence electrons. The van der Waals surface area contributed by atoms with Crippen LogP contribution >= 0.6 is 0 Å². The Morgan fingerprint density at radius 3 is 2.42 bits per heavy atom. The summed E-state index contributed by atoms with van der Waals surface area (Å²) in [6.07, 6.45) is 3.32. The maximum Gasteiger partial charge on any atom is 0.342 e. The van der Waals surface area contributed by atoms with Gasteiger partial charge in [0.25, 0.3) is 17.7 Å². The van der Waals surface area contributed by atoms with Gasteiger partial charge in [-0.3, -0.25) is 39.7 Å². The summed E-state index contributed by atoms with van der Waals surface area (Å²) in [5.74, 6) is -4.57. The van der Waals surface area contributed by atoms with Crippen molar-refractivity contribution in [2.75, 3.05) is 93.1 Å². The van der Waals surface area contributed by atoms with E-state index in [9.17, 15) is 32.8 Å². The van der Waals surface area contributed by atoms with E-state index in [0.717, 1.165) is 37.4 Å². The summed E-state index contributed by atoms with van der Waals surface area (Å²) in [6, 6.07) is 11.0. The molecule has 6 amide bonds. The van der Waals surface area contributed by atoms with Gasteiger partial charge in [0.05, 0.1) is 25.5 Å². The molecule has 0 spiro atoms. The first kappa shape index (κ1) is 41.2. The highest BCUT2D eigenvalue weighted by Gasteiger charge is 2.47. The Morgan fingerprint density at radius 1 is 0.983 bits per heavy atom. The van der Waals surface area contributed by atoms with Gasteiger partial charge in [0.15, 0.2) is 5.82 Å². The minimum absolute atomic E-state index is 0.0888. The van der Waals surface area contributed by atoms with Crippen LogP contribution in [-0.2, 0) is 9.59 Å². The predicted octanol–water partition coefficient (Wildman–Crippen LogP) is 3.32. The van der Waals surface area contributed by atoms with E-state index in [1.807, 2.05) is 9.91 Å². The highest BCUT2D eigenvalue weighted by molar-refractivity contribution is 6.06. The van der Waals surface area contributed by atoms with Gasteiger partial charge in [-0.15, -0.1) is 0 Å². The number of nitrogens with zero attached hydrogens (tertiary/aromatic N) is 8. The van der Waals surface area contributed by atoms with Crippen molar-refractivity contribution >= 4 is 58.5 Å². The zero-order chi connectivity index (χ0) is 42.0. The van der Waals surface area contributed by atoms with Crippen molar-refractivity contribution in [3.63, 3.8) is 0 Å². The van der Waals surface area contributed by atoms with Crippen LogP contribution in [0.15, 0.2) is 48.7 Å². The van der Waals surface area contributed by atoms with Crippen molar-refractivity contribution < 1.29 is 37.5 Å². The van der Waals surface area contributed by atoms with Crippen LogP contribution in [0.4, 0.5) is 42.4 Å². The SMILES string of the molecule is COc1cc(C(=O)NN2CCC(CN3CCN(C(=O)c4cccc(N5CCC(=O)NC5=O)c4)CC3)CC2)ccc1Nc1ncc2c(n1)N(C(C)C)CC(F)(F)C(=O)N2C. The molecule has 0 radical (unpaired) electrons. The molecular formula is C40H49F2N11O6. The molecule has 1 aromatic heterocycles. The van der Waals surface area contributed by atoms with Crippen LogP contribution in [0.25, 0.3) is 0 Å². The molecule has 4 aliphatic heterocycles. The van der Waals surface area contributed by atoms with Crippen LogP contribution in [-0.4, -0.2) is 139 Å². The Hall–Kier alpha value is -5.95. The minimum Gasteiger partial charge on any atom is -0.495 e. The second kappa shape index (κ2) is 17.1. The third-order valence-electron chi connectivity index (χ3n) is 11.2. The number of piperazine rings is 1. The Labute approximate surface area is 340 Å². The fraction of sp³-hybridized carbons (Fsp3) is 0.475. The molecule has 3 aromatic rings. The number of hydrogen-bond acceptors (Lipinski definition) is 12. The van der Waals surface area contributed by atoms with Gasteiger partial charge in [0.2, 0.25) is 11.9 Å². The molecule has 0 unspecified atom stereocenters. The smallest absolute Gasteiger partial charge is 0.342 e. The highest BCUT2D eigenvalue weighted by Crippen LogP contribution is 2.37. The van der Waals surface area contributed by atoms with Crippen molar-refractivity contribution in [2.24, 2.45) is 5.92 Å². The van der Waals surface area contributed by atoms with Crippen LogP contribution in [0, 0.1) is 5.92 Å². The van der Waals surface area contributed by atoms with Gasteiger partial charge in [0.1, 0.15) is 11.4 Å². The summed E-state index contributed by atoms with van der Waals surface area (Å²) in [7, 11) is 2.74. The largest absolute Gasteiger partial charge is 0.495 e. The first-order chi connectivity index (χ1) is 28.2. The lowest BCUT2D eigenvalue weighted by atomic mass is 9.96. The normalized spacial score (nSPS) is 19.3. The number of aromatic nitrogens is 2. The first-order valence-electron chi connectivity index (χ1n) is 19.7. The zero-order valence-electron chi connectivity index (χ0n) is 33.5. The molecule has 4 aliphatic rings. The number of amides is 6. The number of anilines is 5. The lowest BCUT2D eigenvalue weighted by Crippen LogP contribution is -2.52. The number of methoxy groups -OCH3 is 1. The highest BCUT2D eigenvalue weighted by atomic mass is 19.3. The van der Waals surface area contributed by atoms with Gasteiger partial charge in [-0.2, -0.15) is 13.8 Å². The van der Waals surface area contributed by atoms with Gasteiger partial charge in [-0.25, -0.2) is 14.8 Å². The summed E-state index contributed by atoms with van der Waals surface area (Å²) < 4.78 is 35.1. The molecule has 19 heteroatoms. The lowest BCUT2D eigenvalue weighted by Gasteiger charge is -2.39. The van der Waals surface area contributed by atoms with Crippen molar-refractivity contribution in [3.8, 4) is 5.75 Å². The molecule has 17 nitrogen and oxygen atoms in total. The number of fused-ring (bicyclic) bond motifs is 1. The van der Waals surface area contributed by atoms with E-state index >= 15 is 0 Å². The molecular weight excluding hydrogens is 769 g/mol. The summed E-state index contributed by atoms with van der Waals surface area (Å²) in [5, 5.41) is 7.30. The third kappa shape index (κ3) is 9.05. The average Bonchev–Trinajstić information content (AvgIpc) is 3.30. The van der Waals surface area contributed by atoms with Crippen molar-refractivity contribution in [1.82, 2.24) is 35.5 Å². The Bertz CT molecular complexity index is 2110. The molecule has 59 heavy (non-hydrogen) atoms. The van der Waals surface area contributed by atoms with Crippen LogP contribution in [0.1, 0.15) is 53.8 Å². The monoisotopic (exact) mass is 817 g/mol. The number of nitrogens with one attached hydrogen (secondary N) is 3. The molecule has 2 aromatic carbocycles. The first-order valence-corrected chi connectivity index (χ1v) is 19.7. The van der Waals surface area contributed by atoms with E-state index in [2.05, 4.69) is 30.9 Å². The van der Waals surface area contributed by atoms with E-state index in [-0.39, 0.29) is 54.2 Å². The van der Waals surface area contributed by atoms with Gasteiger partial charge in [-0.1, -0.05) is 6.07 Å². The molecule has 5 heterocycles. The molecule has 0 saturated carbocycles. The number of ether oxygens (including phenoxy) is 1. The summed E-state index contributed by atoms with van der Waals surface area (Å²) >= 11 is 0. The molecule has 0 atom stereocenters. The third-order valence-corrected chi connectivity index (χ3v) is 11.2. The standard InChI is InChI=1S/C40H49F2N11O6/c1-25(2)53-24-40(41,42)37(57)48(3)31-22-43-38(46-34(31)53)44-30-9-8-27(21-32(30)59-4)35(55)47-51-13-10-26(11-14-51)23-49-16-18-50(19-17-49)36(56)28-6-5-7-29(20-28)52-15-12-33(54)45-39(52)58/h5-9,20-22,25-26H,10-19,23-24H2,1-4H3,(H,47,55)(H,43,44,46)(H,45,54,58). The van der Waals surface area contributed by atoms with Gasteiger partial charge >= 0.3 is 12.0 Å². The molecule has 3 saturated heterocycles. The van der Waals surface area contributed by atoms with E-state index in [4.69, 9.17) is 4.74 Å². The summed E-state index contributed by atoms with van der Waals surface area (Å²) in [6.45, 7) is 7.87. The zero-order valence-corrected chi connectivity index (χ0v) is 33.5. The second-order valence-corrected chi connectivity index (χ2v) is 15.5. The van der Waals surface area contributed by atoms with E-state index in [1.54, 1.807) is 56.3 Å². The number of carbonyl (C=O) groups is 5. The van der Waals surface area contributed by atoms with Crippen LogP contribution in [0.5, 0.6) is 5.75 Å². The summed E-state index contributed by atoms with van der Waals surface area (Å²) in [4.78, 5) is 79.8. The summed E-state index contributed by atoms with van der Waals surface area (Å²) in [5.41, 5.74) is 5.07. The van der Waals surface area contributed by atoms with E-state index in [0.29, 0.717) is 60.3 Å². The van der Waals surface area contributed by atoms with Crippen molar-refractivity contribution in [1.29, 1.82) is 0 Å². The predicted molar refractivity (Wildman–Crippen MR) is 215 cm³/mol. The molecule has 0 aliphatic carbocycles. The fourth-order valence-corrected chi connectivity index (χ4v) is 7.80. The number of halogens is 2. The lowest BCUT2D eigenvalue weighted by molar-refractivity contribution is -0.140. The van der Waals surface area contributed by atoms with Gasteiger partial charge in [0, 0.05) is 88.7 Å². The molecule has 3 fully saturated rings. The number of urea groups is 1. The minimum atomic E-state index is -3.61. The number of piperidine rings is 1. The number of carbonyl (C=O) groups excluding carboxylic acids is 5. The maximum absolute atomic E-state index is 14.7. The van der Waals surface area contributed by atoms with Crippen molar-refractivity contribution in [2.45, 2.75) is 45.1 Å². The van der Waals surface area contributed by atoms with E-state index in [1.165, 1.54) is 30.2 Å². The Kier molecular flexibility index (Phi) is 12.0. The van der Waals surface area contributed by atoms with Crippen LogP contribution < -0.4 is 35.5 Å². The fourth-order valence-electron chi connectivity index (χ4n) is 7.80. The Balaban J connectivity index is 0.884. The number of imide groups is 1. The van der Waals surface area contributed by atoms with Crippen molar-refractivity contribution in [3.05, 3.63) is 59.8 Å². The Morgan fingerprint density at radius 2 is 1.73 bits per heavy atom. The maximum atomic E-state index is 14.7. The van der Waals surface area contributed by atoms with Crippen LogP contribution in [0.3, 0.4) is 0 Å². The topological polar surface area (TPSA) is 176 Å².